The van der Waals surface area contributed by atoms with Gasteiger partial charge in [-0.05, 0) is 38.1 Å². The van der Waals surface area contributed by atoms with Crippen LogP contribution in [0.15, 0.2) is 12.1 Å². The highest BCUT2D eigenvalue weighted by Crippen LogP contribution is 2.32. The Balaban J connectivity index is 2.05. The smallest absolute Gasteiger partial charge is 0.339 e. The summed E-state index contributed by atoms with van der Waals surface area (Å²) in [4.78, 5) is 25.4. The van der Waals surface area contributed by atoms with E-state index in [0.717, 1.165) is 25.9 Å². The zero-order chi connectivity index (χ0) is 15.4. The predicted octanol–water partition coefficient (Wildman–Crippen LogP) is 3.12. The summed E-state index contributed by atoms with van der Waals surface area (Å²) in [5.74, 6) is -1.49. The fourth-order valence-corrected chi connectivity index (χ4v) is 2.79. The summed E-state index contributed by atoms with van der Waals surface area (Å²) in [7, 11) is 0. The van der Waals surface area contributed by atoms with Crippen LogP contribution < -0.4 is 5.32 Å². The van der Waals surface area contributed by atoms with Crippen molar-refractivity contribution in [3.8, 4) is 0 Å². The summed E-state index contributed by atoms with van der Waals surface area (Å²) < 4.78 is 0. The van der Waals surface area contributed by atoms with Gasteiger partial charge in [-0.3, -0.25) is 4.79 Å². The minimum absolute atomic E-state index is 0.0433. The Morgan fingerprint density at radius 3 is 2.43 bits per heavy atom. The van der Waals surface area contributed by atoms with Crippen molar-refractivity contribution in [1.82, 2.24) is 4.90 Å². The molecule has 2 N–H and O–H groups in total. The molecule has 7 heteroatoms. The number of aromatic carboxylic acids is 1. The number of carbonyl (C=O) groups excluding carboxylic acids is 1. The van der Waals surface area contributed by atoms with Crippen LogP contribution in [0, 0.1) is 0 Å². The maximum atomic E-state index is 12.0. The molecule has 114 valence electrons. The number of anilines is 1. The quantitative estimate of drug-likeness (QED) is 0.870. The van der Waals surface area contributed by atoms with Gasteiger partial charge in [-0.25, -0.2) is 4.79 Å². The number of nitrogens with zero attached hydrogens (tertiary/aromatic N) is 1. The molecule has 5 nitrogen and oxygen atoms in total. The number of likely N-dealkylation sites (tertiary alicyclic amines) is 1. The number of carboxylic acids is 1. The van der Waals surface area contributed by atoms with E-state index in [1.54, 1.807) is 0 Å². The number of hydrogen-bond donors (Lipinski definition) is 2. The highest BCUT2D eigenvalue weighted by atomic mass is 35.5. The molecule has 0 aromatic heterocycles. The first kappa shape index (κ1) is 16.1. The van der Waals surface area contributed by atoms with Crippen molar-refractivity contribution in [1.29, 1.82) is 0 Å². The van der Waals surface area contributed by atoms with Crippen LogP contribution >= 0.6 is 23.2 Å². The number of nitrogens with one attached hydrogen (secondary N) is 1. The van der Waals surface area contributed by atoms with Crippen molar-refractivity contribution in [2.75, 3.05) is 25.0 Å². The van der Waals surface area contributed by atoms with Crippen LogP contribution in [-0.2, 0) is 4.79 Å². The Labute approximate surface area is 132 Å². The third-order valence-electron chi connectivity index (χ3n) is 3.44. The fourth-order valence-electron chi connectivity index (χ4n) is 2.35. The van der Waals surface area contributed by atoms with Gasteiger partial charge in [-0.1, -0.05) is 23.2 Å². The molecule has 1 aliphatic rings. The molecule has 0 atom stereocenters. The van der Waals surface area contributed by atoms with Gasteiger partial charge in [0.1, 0.15) is 5.56 Å². The standard InChI is InChI=1S/C14H16Cl2N2O3/c15-9-3-4-10(16)13(12(9)14(20)21)17-11(19)5-8-18-6-1-2-7-18/h3-4H,1-2,5-8H2,(H,17,19)(H,20,21). The molecule has 1 fully saturated rings. The van der Waals surface area contributed by atoms with Crippen molar-refractivity contribution in [2.24, 2.45) is 0 Å². The number of carbonyl (C=O) groups is 2. The third kappa shape index (κ3) is 4.09. The highest BCUT2D eigenvalue weighted by molar-refractivity contribution is 6.38. The molecule has 0 spiro atoms. The second kappa shape index (κ2) is 7.11. The molecular formula is C14H16Cl2N2O3. The Bertz CT molecular complexity index is 557. The molecular weight excluding hydrogens is 315 g/mol. The normalized spacial score (nSPS) is 15.1. The summed E-state index contributed by atoms with van der Waals surface area (Å²) >= 11 is 11.8. The van der Waals surface area contributed by atoms with Crippen LogP contribution in [0.1, 0.15) is 29.6 Å². The minimum atomic E-state index is -1.22. The van der Waals surface area contributed by atoms with Gasteiger partial charge in [0.25, 0.3) is 0 Å². The largest absolute Gasteiger partial charge is 0.478 e. The fraction of sp³-hybridized carbons (Fsp3) is 0.429. The zero-order valence-corrected chi connectivity index (χ0v) is 12.9. The first-order valence-electron chi connectivity index (χ1n) is 6.72. The van der Waals surface area contributed by atoms with E-state index in [4.69, 9.17) is 23.2 Å². The number of carboxylic acid groups (broad SMARTS) is 1. The second-order valence-corrected chi connectivity index (χ2v) is 5.75. The third-order valence-corrected chi connectivity index (χ3v) is 4.07. The van der Waals surface area contributed by atoms with Crippen molar-refractivity contribution in [3.05, 3.63) is 27.7 Å². The number of rotatable bonds is 5. The van der Waals surface area contributed by atoms with Crippen molar-refractivity contribution in [3.63, 3.8) is 0 Å². The summed E-state index contributed by atoms with van der Waals surface area (Å²) in [5.41, 5.74) is -0.123. The number of amides is 1. The lowest BCUT2D eigenvalue weighted by Gasteiger charge is -2.15. The van der Waals surface area contributed by atoms with Crippen LogP contribution in [-0.4, -0.2) is 41.5 Å². The maximum absolute atomic E-state index is 12.0. The van der Waals surface area contributed by atoms with Crippen molar-refractivity contribution in [2.45, 2.75) is 19.3 Å². The van der Waals surface area contributed by atoms with E-state index in [1.807, 2.05) is 0 Å². The van der Waals surface area contributed by atoms with E-state index in [9.17, 15) is 14.7 Å². The highest BCUT2D eigenvalue weighted by Gasteiger charge is 2.20. The van der Waals surface area contributed by atoms with Gasteiger partial charge in [0.2, 0.25) is 5.91 Å². The van der Waals surface area contributed by atoms with E-state index in [1.165, 1.54) is 12.1 Å². The summed E-state index contributed by atoms with van der Waals surface area (Å²) in [5, 5.41) is 11.9. The first-order chi connectivity index (χ1) is 9.99. The van der Waals surface area contributed by atoms with Crippen LogP contribution in [0.3, 0.4) is 0 Å². The van der Waals surface area contributed by atoms with Gasteiger partial charge in [-0.15, -0.1) is 0 Å². The molecule has 1 saturated heterocycles. The minimum Gasteiger partial charge on any atom is -0.478 e. The van der Waals surface area contributed by atoms with E-state index in [-0.39, 0.29) is 27.2 Å². The van der Waals surface area contributed by atoms with Crippen LogP contribution in [0.25, 0.3) is 0 Å². The number of hydrogen-bond acceptors (Lipinski definition) is 3. The summed E-state index contributed by atoms with van der Waals surface area (Å²) in [6.45, 7) is 2.67. The molecule has 1 aliphatic heterocycles. The van der Waals surface area contributed by atoms with Gasteiger partial charge in [-0.2, -0.15) is 0 Å². The van der Waals surface area contributed by atoms with E-state index >= 15 is 0 Å². The number of halogens is 2. The van der Waals surface area contributed by atoms with Gasteiger partial charge in [0.15, 0.2) is 0 Å². The van der Waals surface area contributed by atoms with Crippen LogP contribution in [0.5, 0.6) is 0 Å². The lowest BCUT2D eigenvalue weighted by molar-refractivity contribution is -0.116. The SMILES string of the molecule is O=C(CCN1CCCC1)Nc1c(Cl)ccc(Cl)c1C(=O)O. The Hall–Kier alpha value is -1.30. The van der Waals surface area contributed by atoms with Crippen LogP contribution in [0.2, 0.25) is 10.0 Å². The molecule has 0 aliphatic carbocycles. The van der Waals surface area contributed by atoms with E-state index in [2.05, 4.69) is 10.2 Å². The topological polar surface area (TPSA) is 69.6 Å². The molecule has 1 aromatic rings. The molecule has 0 bridgehead atoms. The second-order valence-electron chi connectivity index (χ2n) is 4.93. The number of benzene rings is 1. The molecule has 0 radical (unpaired) electrons. The van der Waals surface area contributed by atoms with E-state index < -0.39 is 5.97 Å². The van der Waals surface area contributed by atoms with E-state index in [0.29, 0.717) is 13.0 Å². The lowest BCUT2D eigenvalue weighted by atomic mass is 10.1. The van der Waals surface area contributed by atoms with Gasteiger partial charge < -0.3 is 15.3 Å². The van der Waals surface area contributed by atoms with Gasteiger partial charge >= 0.3 is 5.97 Å². The maximum Gasteiger partial charge on any atom is 0.339 e. The molecule has 2 rings (SSSR count). The molecule has 21 heavy (non-hydrogen) atoms. The molecule has 1 aromatic carbocycles. The first-order valence-corrected chi connectivity index (χ1v) is 7.48. The van der Waals surface area contributed by atoms with Crippen molar-refractivity contribution >= 4 is 40.8 Å². The molecule has 0 unspecified atom stereocenters. The predicted molar refractivity (Wildman–Crippen MR) is 82.3 cm³/mol. The molecule has 1 heterocycles. The average Bonchev–Trinajstić information content (AvgIpc) is 2.93. The summed E-state index contributed by atoms with van der Waals surface area (Å²) in [6, 6.07) is 2.86. The van der Waals surface area contributed by atoms with Crippen LogP contribution in [0.4, 0.5) is 5.69 Å². The monoisotopic (exact) mass is 330 g/mol. The van der Waals surface area contributed by atoms with Gasteiger partial charge in [0.05, 0.1) is 15.7 Å². The Morgan fingerprint density at radius 1 is 1.19 bits per heavy atom. The van der Waals surface area contributed by atoms with Gasteiger partial charge in [0, 0.05) is 13.0 Å². The lowest BCUT2D eigenvalue weighted by Crippen LogP contribution is -2.25. The Morgan fingerprint density at radius 2 is 1.81 bits per heavy atom. The molecule has 0 saturated carbocycles. The average molecular weight is 331 g/mol. The van der Waals surface area contributed by atoms with Crippen molar-refractivity contribution < 1.29 is 14.7 Å². The molecule has 1 amide bonds. The summed E-state index contributed by atoms with van der Waals surface area (Å²) in [6.07, 6.45) is 2.61. The zero-order valence-electron chi connectivity index (χ0n) is 11.4. The Kier molecular flexibility index (Phi) is 5.45.